The molecule has 2 aliphatic rings. The Kier molecular flexibility index (Phi) is 5.24. The average molecular weight is 426 g/mol. The normalized spacial score (nSPS) is 17.5. The summed E-state index contributed by atoms with van der Waals surface area (Å²) in [6.45, 7) is 7.32. The third-order valence-corrected chi connectivity index (χ3v) is 7.25. The van der Waals surface area contributed by atoms with E-state index in [9.17, 15) is 4.79 Å². The Hall–Kier alpha value is -2.39. The van der Waals surface area contributed by atoms with Gasteiger partial charge in [-0.3, -0.25) is 9.69 Å². The molecule has 0 N–H and O–H groups in total. The number of fused-ring (bicyclic) bond motifs is 2. The van der Waals surface area contributed by atoms with Crippen LogP contribution in [-0.2, 0) is 25.8 Å². The summed E-state index contributed by atoms with van der Waals surface area (Å²) in [4.78, 5) is 26.2. The van der Waals surface area contributed by atoms with E-state index in [0.29, 0.717) is 6.54 Å². The molecule has 5 rings (SSSR count). The van der Waals surface area contributed by atoms with Gasteiger partial charge in [0.05, 0.1) is 17.8 Å². The highest BCUT2D eigenvalue weighted by atomic mass is 32.2. The van der Waals surface area contributed by atoms with Gasteiger partial charge in [0, 0.05) is 63.7 Å². The standard InChI is InChI=1S/C21H27N7OS/c1-15-11-18-20(25(15)2)21(23-14-22-18)27-7-4-26(5-8-27)6-9-28-19(29)12-16-13-30-10-3-17(16)24-28/h11-12,14H,3-10,13H2,1-2H3. The second-order valence-electron chi connectivity index (χ2n) is 8.08. The molecule has 0 bridgehead atoms. The molecule has 0 aromatic carbocycles. The van der Waals surface area contributed by atoms with Crippen LogP contribution in [0.1, 0.15) is 17.0 Å². The van der Waals surface area contributed by atoms with Crippen molar-refractivity contribution in [2.45, 2.75) is 25.6 Å². The Morgan fingerprint density at radius 2 is 1.93 bits per heavy atom. The van der Waals surface area contributed by atoms with Crippen molar-refractivity contribution >= 4 is 28.6 Å². The first-order valence-corrected chi connectivity index (χ1v) is 11.7. The molecule has 1 fully saturated rings. The minimum absolute atomic E-state index is 0.0253. The number of aromatic nitrogens is 5. The van der Waals surface area contributed by atoms with Gasteiger partial charge in [-0.15, -0.1) is 0 Å². The summed E-state index contributed by atoms with van der Waals surface area (Å²) in [6.07, 6.45) is 2.63. The molecule has 0 unspecified atom stereocenters. The monoisotopic (exact) mass is 425 g/mol. The van der Waals surface area contributed by atoms with Crippen LogP contribution < -0.4 is 10.5 Å². The molecule has 0 spiro atoms. The molecule has 3 aromatic rings. The third-order valence-electron chi connectivity index (χ3n) is 6.25. The molecule has 5 heterocycles. The Morgan fingerprint density at radius 3 is 2.77 bits per heavy atom. The lowest BCUT2D eigenvalue weighted by Gasteiger charge is -2.35. The molecule has 2 aliphatic heterocycles. The van der Waals surface area contributed by atoms with Gasteiger partial charge >= 0.3 is 0 Å². The fourth-order valence-electron chi connectivity index (χ4n) is 4.34. The predicted octanol–water partition coefficient (Wildman–Crippen LogP) is 1.44. The molecular formula is C21H27N7OS. The van der Waals surface area contributed by atoms with E-state index in [4.69, 9.17) is 0 Å². The maximum atomic E-state index is 12.4. The second-order valence-corrected chi connectivity index (χ2v) is 9.19. The van der Waals surface area contributed by atoms with Crippen LogP contribution in [0.5, 0.6) is 0 Å². The highest BCUT2D eigenvalue weighted by molar-refractivity contribution is 7.98. The van der Waals surface area contributed by atoms with Crippen LogP contribution in [0.15, 0.2) is 23.3 Å². The molecule has 0 atom stereocenters. The summed E-state index contributed by atoms with van der Waals surface area (Å²) in [5.41, 5.74) is 5.53. The maximum Gasteiger partial charge on any atom is 0.267 e. The van der Waals surface area contributed by atoms with E-state index < -0.39 is 0 Å². The van der Waals surface area contributed by atoms with E-state index in [0.717, 1.165) is 78.8 Å². The first kappa shape index (κ1) is 19.6. The van der Waals surface area contributed by atoms with Crippen molar-refractivity contribution in [1.82, 2.24) is 29.2 Å². The largest absolute Gasteiger partial charge is 0.352 e. The van der Waals surface area contributed by atoms with Crippen LogP contribution in [0.25, 0.3) is 11.0 Å². The molecule has 3 aromatic heterocycles. The molecule has 1 saturated heterocycles. The van der Waals surface area contributed by atoms with E-state index in [-0.39, 0.29) is 5.56 Å². The number of aryl methyl sites for hydroxylation is 3. The van der Waals surface area contributed by atoms with Crippen molar-refractivity contribution in [3.05, 3.63) is 45.8 Å². The molecule has 158 valence electrons. The molecule has 8 nitrogen and oxygen atoms in total. The number of rotatable bonds is 4. The van der Waals surface area contributed by atoms with Gasteiger partial charge in [0.2, 0.25) is 0 Å². The summed E-state index contributed by atoms with van der Waals surface area (Å²) in [6, 6.07) is 3.90. The van der Waals surface area contributed by atoms with Crippen LogP contribution in [0.3, 0.4) is 0 Å². The zero-order valence-electron chi connectivity index (χ0n) is 17.5. The molecule has 30 heavy (non-hydrogen) atoms. The van der Waals surface area contributed by atoms with Crippen molar-refractivity contribution in [2.75, 3.05) is 43.4 Å². The van der Waals surface area contributed by atoms with Gasteiger partial charge < -0.3 is 9.47 Å². The summed E-state index contributed by atoms with van der Waals surface area (Å²) >= 11 is 1.88. The van der Waals surface area contributed by atoms with Gasteiger partial charge in [0.15, 0.2) is 5.82 Å². The molecule has 0 saturated carbocycles. The van der Waals surface area contributed by atoms with Gasteiger partial charge in [0.25, 0.3) is 5.56 Å². The predicted molar refractivity (Wildman–Crippen MR) is 120 cm³/mol. The van der Waals surface area contributed by atoms with E-state index in [1.807, 2.05) is 11.8 Å². The Bertz CT molecular complexity index is 1130. The van der Waals surface area contributed by atoms with Crippen molar-refractivity contribution in [2.24, 2.45) is 7.05 Å². The quantitative estimate of drug-likeness (QED) is 0.626. The van der Waals surface area contributed by atoms with Gasteiger partial charge in [-0.1, -0.05) is 0 Å². The van der Waals surface area contributed by atoms with Crippen LogP contribution >= 0.6 is 11.8 Å². The summed E-state index contributed by atoms with van der Waals surface area (Å²) in [5.74, 6) is 3.02. The van der Waals surface area contributed by atoms with Crippen molar-refractivity contribution in [3.8, 4) is 0 Å². The number of hydrogen-bond acceptors (Lipinski definition) is 7. The van der Waals surface area contributed by atoms with E-state index in [1.165, 1.54) is 5.69 Å². The van der Waals surface area contributed by atoms with Crippen molar-refractivity contribution in [1.29, 1.82) is 0 Å². The zero-order valence-corrected chi connectivity index (χ0v) is 18.4. The van der Waals surface area contributed by atoms with Crippen LogP contribution in [0.2, 0.25) is 0 Å². The van der Waals surface area contributed by atoms with Crippen LogP contribution in [-0.4, -0.2) is 67.7 Å². The van der Waals surface area contributed by atoms with Crippen molar-refractivity contribution in [3.63, 3.8) is 0 Å². The maximum absolute atomic E-state index is 12.4. The molecule has 9 heteroatoms. The lowest BCUT2D eigenvalue weighted by atomic mass is 10.2. The van der Waals surface area contributed by atoms with Crippen LogP contribution in [0.4, 0.5) is 5.82 Å². The lowest BCUT2D eigenvalue weighted by molar-refractivity contribution is 0.242. The SMILES string of the molecule is Cc1cc2ncnc(N3CCN(CCn4nc5c(cc4=O)CSCC5)CC3)c2n1C. The summed E-state index contributed by atoms with van der Waals surface area (Å²) in [7, 11) is 2.07. The highest BCUT2D eigenvalue weighted by Crippen LogP contribution is 2.26. The first-order chi connectivity index (χ1) is 14.6. The smallest absolute Gasteiger partial charge is 0.267 e. The number of thioether (sulfide) groups is 1. The number of hydrogen-bond donors (Lipinski definition) is 0. The molecular weight excluding hydrogens is 398 g/mol. The van der Waals surface area contributed by atoms with E-state index in [2.05, 4.69) is 49.5 Å². The third kappa shape index (κ3) is 3.60. The first-order valence-electron chi connectivity index (χ1n) is 10.5. The lowest BCUT2D eigenvalue weighted by Crippen LogP contribution is -2.48. The Balaban J connectivity index is 1.24. The zero-order chi connectivity index (χ0) is 20.7. The average Bonchev–Trinajstić information content (AvgIpc) is 3.06. The number of piperazine rings is 1. The number of anilines is 1. The molecule has 0 amide bonds. The highest BCUT2D eigenvalue weighted by Gasteiger charge is 2.22. The topological polar surface area (TPSA) is 72.1 Å². The van der Waals surface area contributed by atoms with E-state index >= 15 is 0 Å². The fraction of sp³-hybridized carbons (Fsp3) is 0.524. The van der Waals surface area contributed by atoms with Gasteiger partial charge in [-0.25, -0.2) is 14.6 Å². The minimum Gasteiger partial charge on any atom is -0.352 e. The van der Waals surface area contributed by atoms with E-state index in [1.54, 1.807) is 17.1 Å². The molecule has 0 aliphatic carbocycles. The summed E-state index contributed by atoms with van der Waals surface area (Å²) in [5, 5.41) is 4.64. The van der Waals surface area contributed by atoms with Gasteiger partial charge in [-0.2, -0.15) is 16.9 Å². The number of nitrogens with zero attached hydrogens (tertiary/aromatic N) is 7. The Labute approximate surface area is 179 Å². The second kappa shape index (κ2) is 8.03. The van der Waals surface area contributed by atoms with Gasteiger partial charge in [-0.05, 0) is 24.3 Å². The minimum atomic E-state index is 0.0253. The fourth-order valence-corrected chi connectivity index (χ4v) is 5.30. The van der Waals surface area contributed by atoms with Crippen molar-refractivity contribution < 1.29 is 0 Å². The van der Waals surface area contributed by atoms with Crippen LogP contribution in [0, 0.1) is 6.92 Å². The molecule has 0 radical (unpaired) electrons. The summed E-state index contributed by atoms with van der Waals surface area (Å²) < 4.78 is 3.83. The van der Waals surface area contributed by atoms with Gasteiger partial charge in [0.1, 0.15) is 11.8 Å². The Morgan fingerprint density at radius 1 is 1.10 bits per heavy atom.